The van der Waals surface area contributed by atoms with E-state index in [0.29, 0.717) is 11.7 Å². The Kier molecular flexibility index (Phi) is 4.52. The summed E-state index contributed by atoms with van der Waals surface area (Å²) < 4.78 is 1.97. The average Bonchev–Trinajstić information content (AvgIpc) is 3.16. The van der Waals surface area contributed by atoms with E-state index >= 15 is 0 Å². The molecule has 1 aliphatic carbocycles. The van der Waals surface area contributed by atoms with E-state index in [1.807, 2.05) is 15.7 Å². The molecule has 5 nitrogen and oxygen atoms in total. The summed E-state index contributed by atoms with van der Waals surface area (Å²) >= 11 is 0. The summed E-state index contributed by atoms with van der Waals surface area (Å²) in [5.74, 6) is 0.270. The van der Waals surface area contributed by atoms with Gasteiger partial charge in [-0.25, -0.2) is 4.98 Å². The molecule has 3 atom stereocenters. The maximum absolute atomic E-state index is 12.8. The fraction of sp³-hybridized carbons (Fsp3) is 0.765. The summed E-state index contributed by atoms with van der Waals surface area (Å²) in [5, 5.41) is 10.3. The van der Waals surface area contributed by atoms with Crippen LogP contribution in [0.2, 0.25) is 0 Å². The van der Waals surface area contributed by atoms with Crippen molar-refractivity contribution in [2.75, 3.05) is 6.54 Å². The molecule has 1 amide bonds. The molecular formula is C17H27N3O2. The third kappa shape index (κ3) is 2.91. The number of rotatable bonds is 3. The van der Waals surface area contributed by atoms with Crippen molar-refractivity contribution >= 4 is 5.91 Å². The highest BCUT2D eigenvalue weighted by Crippen LogP contribution is 2.35. The van der Waals surface area contributed by atoms with Crippen LogP contribution in [0.1, 0.15) is 68.9 Å². The number of aliphatic hydroxyl groups excluding tert-OH is 1. The zero-order chi connectivity index (χ0) is 15.7. The van der Waals surface area contributed by atoms with Gasteiger partial charge in [0.15, 0.2) is 0 Å². The first-order chi connectivity index (χ1) is 10.6. The van der Waals surface area contributed by atoms with Gasteiger partial charge in [0.05, 0.1) is 12.4 Å². The van der Waals surface area contributed by atoms with Gasteiger partial charge in [-0.05, 0) is 39.5 Å². The summed E-state index contributed by atoms with van der Waals surface area (Å²) in [6.45, 7) is 4.95. The Morgan fingerprint density at radius 1 is 1.27 bits per heavy atom. The lowest BCUT2D eigenvalue weighted by Crippen LogP contribution is -2.45. The molecule has 0 radical (unpaired) electrons. The fourth-order valence-corrected chi connectivity index (χ4v) is 3.96. The molecule has 2 fully saturated rings. The lowest BCUT2D eigenvalue weighted by molar-refractivity contribution is 0.0209. The molecule has 1 N–H and O–H groups in total. The van der Waals surface area contributed by atoms with Crippen LogP contribution in [0, 0.1) is 5.92 Å². The zero-order valence-corrected chi connectivity index (χ0v) is 13.6. The van der Waals surface area contributed by atoms with E-state index in [0.717, 1.165) is 38.6 Å². The van der Waals surface area contributed by atoms with Crippen LogP contribution in [0.4, 0.5) is 0 Å². The van der Waals surface area contributed by atoms with Crippen LogP contribution < -0.4 is 0 Å². The lowest BCUT2D eigenvalue weighted by atomic mass is 9.80. The quantitative estimate of drug-likeness (QED) is 0.934. The summed E-state index contributed by atoms with van der Waals surface area (Å²) in [6.07, 6.45) is 9.57. The number of amides is 1. The van der Waals surface area contributed by atoms with Gasteiger partial charge in [0, 0.05) is 30.7 Å². The van der Waals surface area contributed by atoms with Crippen LogP contribution in [0.5, 0.6) is 0 Å². The summed E-state index contributed by atoms with van der Waals surface area (Å²) in [4.78, 5) is 19.1. The molecule has 1 aromatic heterocycles. The van der Waals surface area contributed by atoms with Crippen LogP contribution in [0.25, 0.3) is 0 Å². The minimum Gasteiger partial charge on any atom is -0.393 e. The van der Waals surface area contributed by atoms with Crippen molar-refractivity contribution in [3.63, 3.8) is 0 Å². The van der Waals surface area contributed by atoms with Crippen molar-refractivity contribution in [3.8, 4) is 0 Å². The molecule has 122 valence electrons. The van der Waals surface area contributed by atoms with Crippen molar-refractivity contribution < 1.29 is 9.90 Å². The first-order valence-corrected chi connectivity index (χ1v) is 8.60. The molecule has 0 spiro atoms. The van der Waals surface area contributed by atoms with Crippen LogP contribution in [0.15, 0.2) is 12.5 Å². The zero-order valence-electron chi connectivity index (χ0n) is 13.6. The van der Waals surface area contributed by atoms with Gasteiger partial charge in [0.1, 0.15) is 5.69 Å². The molecule has 2 aliphatic rings. The van der Waals surface area contributed by atoms with Crippen LogP contribution in [-0.2, 0) is 0 Å². The summed E-state index contributed by atoms with van der Waals surface area (Å²) in [5.41, 5.74) is 0.533. The van der Waals surface area contributed by atoms with E-state index in [1.54, 1.807) is 6.33 Å². The molecular weight excluding hydrogens is 278 g/mol. The molecule has 3 rings (SSSR count). The van der Waals surface area contributed by atoms with Gasteiger partial charge in [-0.2, -0.15) is 0 Å². The molecule has 5 heteroatoms. The third-order valence-electron chi connectivity index (χ3n) is 5.25. The minimum atomic E-state index is -0.250. The van der Waals surface area contributed by atoms with Gasteiger partial charge in [-0.3, -0.25) is 4.79 Å². The summed E-state index contributed by atoms with van der Waals surface area (Å²) in [6, 6.07) is 0.496. The van der Waals surface area contributed by atoms with Gasteiger partial charge in [0.2, 0.25) is 0 Å². The maximum atomic E-state index is 12.8. The van der Waals surface area contributed by atoms with E-state index in [2.05, 4.69) is 18.8 Å². The number of carbonyl (C=O) groups excluding carboxylic acids is 1. The number of nitrogens with zero attached hydrogens (tertiary/aromatic N) is 3. The monoisotopic (exact) mass is 305 g/mol. The second-order valence-corrected chi connectivity index (χ2v) is 7.02. The molecule has 1 saturated carbocycles. The molecule has 2 heterocycles. The molecule has 0 aromatic carbocycles. The highest BCUT2D eigenvalue weighted by molar-refractivity contribution is 5.92. The Labute approximate surface area is 132 Å². The topological polar surface area (TPSA) is 58.4 Å². The number of aromatic nitrogens is 2. The lowest BCUT2D eigenvalue weighted by Gasteiger charge is -2.37. The van der Waals surface area contributed by atoms with Crippen molar-refractivity contribution in [1.82, 2.24) is 14.5 Å². The molecule has 1 saturated heterocycles. The van der Waals surface area contributed by atoms with E-state index in [9.17, 15) is 9.90 Å². The van der Waals surface area contributed by atoms with Crippen molar-refractivity contribution in [1.29, 1.82) is 0 Å². The summed E-state index contributed by atoms with van der Waals surface area (Å²) in [7, 11) is 0. The van der Waals surface area contributed by atoms with Crippen LogP contribution >= 0.6 is 0 Å². The van der Waals surface area contributed by atoms with Crippen molar-refractivity contribution in [2.24, 2.45) is 5.92 Å². The average molecular weight is 305 g/mol. The number of hydrogen-bond donors (Lipinski definition) is 1. The van der Waals surface area contributed by atoms with Crippen LogP contribution in [0.3, 0.4) is 0 Å². The predicted molar refractivity (Wildman–Crippen MR) is 84.6 cm³/mol. The Bertz CT molecular complexity index is 526. The van der Waals surface area contributed by atoms with E-state index in [-0.39, 0.29) is 24.0 Å². The Hall–Kier alpha value is -1.36. The largest absolute Gasteiger partial charge is 0.393 e. The second-order valence-electron chi connectivity index (χ2n) is 7.02. The van der Waals surface area contributed by atoms with E-state index < -0.39 is 0 Å². The second kappa shape index (κ2) is 6.41. The molecule has 1 aliphatic heterocycles. The maximum Gasteiger partial charge on any atom is 0.274 e. The van der Waals surface area contributed by atoms with E-state index in [4.69, 9.17) is 0 Å². The molecule has 22 heavy (non-hydrogen) atoms. The number of hydrogen-bond acceptors (Lipinski definition) is 3. The normalized spacial score (nSPS) is 29.3. The van der Waals surface area contributed by atoms with E-state index in [1.165, 1.54) is 6.42 Å². The Morgan fingerprint density at radius 3 is 2.73 bits per heavy atom. The number of aliphatic hydroxyl groups is 1. The smallest absolute Gasteiger partial charge is 0.274 e. The first-order valence-electron chi connectivity index (χ1n) is 8.60. The van der Waals surface area contributed by atoms with Gasteiger partial charge >= 0.3 is 0 Å². The highest BCUT2D eigenvalue weighted by atomic mass is 16.3. The standard InChI is InChI=1S/C17H27N3O2/c1-12(2)19-10-14(18-11-19)17(22)20-9-5-7-15(20)13-6-3-4-8-16(13)21/h10-13,15-16,21H,3-9H2,1-2H3. The first kappa shape index (κ1) is 15.5. The predicted octanol–water partition coefficient (Wildman–Crippen LogP) is 2.62. The molecule has 3 unspecified atom stereocenters. The molecule has 0 bridgehead atoms. The number of imidazole rings is 1. The SMILES string of the molecule is CC(C)n1cnc(C(=O)N2CCCC2C2CCCCC2O)c1. The third-order valence-corrected chi connectivity index (χ3v) is 5.25. The van der Waals surface area contributed by atoms with Gasteiger partial charge < -0.3 is 14.6 Å². The van der Waals surface area contributed by atoms with Gasteiger partial charge in [0.25, 0.3) is 5.91 Å². The number of carbonyl (C=O) groups is 1. The van der Waals surface area contributed by atoms with Gasteiger partial charge in [-0.1, -0.05) is 12.8 Å². The van der Waals surface area contributed by atoms with Crippen molar-refractivity contribution in [2.45, 2.75) is 70.6 Å². The van der Waals surface area contributed by atoms with Crippen LogP contribution in [-0.4, -0.2) is 44.2 Å². The van der Waals surface area contributed by atoms with Gasteiger partial charge in [-0.15, -0.1) is 0 Å². The highest BCUT2D eigenvalue weighted by Gasteiger charge is 2.39. The van der Waals surface area contributed by atoms with Crippen molar-refractivity contribution in [3.05, 3.63) is 18.2 Å². The Morgan fingerprint density at radius 2 is 2.05 bits per heavy atom. The number of likely N-dealkylation sites (tertiary alicyclic amines) is 1. The molecule has 1 aromatic rings. The Balaban J connectivity index is 1.75. The fourth-order valence-electron chi connectivity index (χ4n) is 3.96. The minimum absolute atomic E-state index is 0.0275.